The number of aromatic amines is 1. The van der Waals surface area contributed by atoms with E-state index in [4.69, 9.17) is 5.73 Å². The molecule has 2 unspecified atom stereocenters. The second kappa shape index (κ2) is 9.29. The van der Waals surface area contributed by atoms with Gasteiger partial charge in [0.25, 0.3) is 0 Å². The largest absolute Gasteiger partial charge is 0.360 e. The van der Waals surface area contributed by atoms with Crippen molar-refractivity contribution in [2.24, 2.45) is 5.73 Å². The molecule has 1 aliphatic heterocycles. The number of hydrogen-bond donors (Lipinski definition) is 3. The number of tetrazole rings is 1. The van der Waals surface area contributed by atoms with E-state index in [1.165, 1.54) is 6.07 Å². The minimum absolute atomic E-state index is 0. The number of aromatic nitrogens is 4. The van der Waals surface area contributed by atoms with Crippen LogP contribution >= 0.6 is 34.0 Å². The van der Waals surface area contributed by atoms with Gasteiger partial charge in [0, 0.05) is 30.6 Å². The van der Waals surface area contributed by atoms with Gasteiger partial charge in [0.2, 0.25) is 0 Å². The van der Waals surface area contributed by atoms with Gasteiger partial charge in [-0.3, -0.25) is 0 Å². The lowest BCUT2D eigenvalue weighted by Crippen LogP contribution is -2.44. The lowest BCUT2D eigenvalue weighted by molar-refractivity contribution is 0.255. The lowest BCUT2D eigenvalue weighted by atomic mass is 9.87. The van der Waals surface area contributed by atoms with Crippen molar-refractivity contribution in [1.29, 1.82) is 0 Å². The van der Waals surface area contributed by atoms with Crippen LogP contribution in [0.2, 0.25) is 0 Å². The fourth-order valence-corrected chi connectivity index (χ4v) is 5.77. The van der Waals surface area contributed by atoms with E-state index in [1.807, 2.05) is 6.20 Å². The van der Waals surface area contributed by atoms with E-state index < -0.39 is 11.6 Å². The molecule has 12 heteroatoms. The first-order valence-electron chi connectivity index (χ1n) is 8.61. The number of nitrogens with one attached hydrogen (secondary N) is 2. The van der Waals surface area contributed by atoms with Crippen LogP contribution in [-0.4, -0.2) is 49.4 Å². The molecule has 0 saturated carbocycles. The SMILES string of the molecule is Cl.NCCSSC1NC=C(c2nnn[nH]2)N1C1CCc2c(F)cc(F)cc2C1. The fraction of sp³-hybridized carbons (Fsp3) is 0.438. The van der Waals surface area contributed by atoms with E-state index in [9.17, 15) is 8.78 Å². The minimum atomic E-state index is -0.536. The quantitative estimate of drug-likeness (QED) is 0.458. The molecular weight excluding hydrogens is 428 g/mol. The molecular formula is C16H20ClF2N7S2. The van der Waals surface area contributed by atoms with Gasteiger partial charge in [0.05, 0.1) is 0 Å². The minimum Gasteiger partial charge on any atom is -0.360 e. The molecule has 4 N–H and O–H groups in total. The van der Waals surface area contributed by atoms with Crippen molar-refractivity contribution >= 4 is 39.7 Å². The van der Waals surface area contributed by atoms with E-state index >= 15 is 0 Å². The average molecular weight is 448 g/mol. The third kappa shape index (κ3) is 4.22. The first-order chi connectivity index (χ1) is 13.2. The van der Waals surface area contributed by atoms with E-state index in [2.05, 4.69) is 30.8 Å². The molecule has 7 nitrogen and oxygen atoms in total. The van der Waals surface area contributed by atoms with Crippen LogP contribution in [0.1, 0.15) is 23.4 Å². The molecule has 2 heterocycles. The van der Waals surface area contributed by atoms with Gasteiger partial charge < -0.3 is 16.0 Å². The van der Waals surface area contributed by atoms with Gasteiger partial charge in [-0.1, -0.05) is 10.8 Å². The van der Waals surface area contributed by atoms with E-state index in [0.717, 1.165) is 29.5 Å². The summed E-state index contributed by atoms with van der Waals surface area (Å²) in [7, 11) is 3.35. The van der Waals surface area contributed by atoms with Crippen molar-refractivity contribution in [2.75, 3.05) is 12.3 Å². The third-order valence-electron chi connectivity index (χ3n) is 4.67. The van der Waals surface area contributed by atoms with Crippen LogP contribution in [-0.2, 0) is 12.8 Å². The molecule has 2 aliphatic rings. The Morgan fingerprint density at radius 3 is 2.93 bits per heavy atom. The van der Waals surface area contributed by atoms with Gasteiger partial charge >= 0.3 is 0 Å². The zero-order valence-electron chi connectivity index (χ0n) is 14.8. The van der Waals surface area contributed by atoms with E-state index in [1.54, 1.807) is 21.6 Å². The normalized spacial score (nSPS) is 21.0. The fourth-order valence-electron chi connectivity index (χ4n) is 3.54. The Hall–Kier alpha value is -1.56. The van der Waals surface area contributed by atoms with Crippen molar-refractivity contribution in [1.82, 2.24) is 30.8 Å². The molecule has 1 aromatic heterocycles. The Morgan fingerprint density at radius 1 is 1.32 bits per heavy atom. The standard InChI is InChI=1S/C16H19F2N7S2.ClH/c17-10-5-9-6-11(1-2-12(9)13(18)7-10)25-14(15-21-23-24-22-15)8-20-16(25)27-26-4-3-19;/h5,7-8,11,16,20H,1-4,6,19H2,(H,21,22,23,24);1H. The third-order valence-corrected chi connectivity index (χ3v) is 7.21. The number of benzene rings is 1. The summed E-state index contributed by atoms with van der Waals surface area (Å²) in [6.07, 6.45) is 3.76. The summed E-state index contributed by atoms with van der Waals surface area (Å²) < 4.78 is 27.8. The molecule has 0 radical (unpaired) electrons. The number of nitrogens with zero attached hydrogens (tertiary/aromatic N) is 4. The van der Waals surface area contributed by atoms with Gasteiger partial charge in [-0.05, 0) is 57.7 Å². The van der Waals surface area contributed by atoms with Gasteiger partial charge in [0.1, 0.15) is 17.3 Å². The highest BCUT2D eigenvalue weighted by atomic mass is 35.5. The second-order valence-corrected chi connectivity index (χ2v) is 8.90. The molecule has 4 rings (SSSR count). The predicted octanol–water partition coefficient (Wildman–Crippen LogP) is 2.28. The molecule has 0 amide bonds. The summed E-state index contributed by atoms with van der Waals surface area (Å²) in [6.45, 7) is 0.603. The smallest absolute Gasteiger partial charge is 0.197 e. The van der Waals surface area contributed by atoms with E-state index in [0.29, 0.717) is 30.8 Å². The van der Waals surface area contributed by atoms with Gasteiger partial charge in [-0.2, -0.15) is 0 Å². The highest BCUT2D eigenvalue weighted by molar-refractivity contribution is 8.76. The monoisotopic (exact) mass is 447 g/mol. The maximum absolute atomic E-state index is 14.1. The van der Waals surface area contributed by atoms with Crippen molar-refractivity contribution in [3.8, 4) is 0 Å². The van der Waals surface area contributed by atoms with Crippen LogP contribution in [0.25, 0.3) is 5.70 Å². The number of halogens is 3. The van der Waals surface area contributed by atoms with Crippen LogP contribution in [0.4, 0.5) is 8.78 Å². The number of hydrogen-bond acceptors (Lipinski definition) is 8. The van der Waals surface area contributed by atoms with Crippen LogP contribution in [0.15, 0.2) is 18.3 Å². The van der Waals surface area contributed by atoms with Crippen molar-refractivity contribution < 1.29 is 8.78 Å². The summed E-state index contributed by atoms with van der Waals surface area (Å²) in [6, 6.07) is 2.48. The number of fused-ring (bicyclic) bond motifs is 1. The highest BCUT2D eigenvalue weighted by Crippen LogP contribution is 2.39. The summed E-state index contributed by atoms with van der Waals surface area (Å²) in [5, 5.41) is 17.5. The molecule has 1 aliphatic carbocycles. The Labute approximate surface area is 175 Å². The topological polar surface area (TPSA) is 95.7 Å². The van der Waals surface area contributed by atoms with Crippen molar-refractivity contribution in [3.63, 3.8) is 0 Å². The lowest BCUT2D eigenvalue weighted by Gasteiger charge is -2.38. The molecule has 2 atom stereocenters. The average Bonchev–Trinajstić information content (AvgIpc) is 3.30. The van der Waals surface area contributed by atoms with Crippen LogP contribution in [0, 0.1) is 11.6 Å². The Kier molecular flexibility index (Phi) is 7.02. The van der Waals surface area contributed by atoms with E-state index in [-0.39, 0.29) is 23.9 Å². The van der Waals surface area contributed by atoms with Gasteiger partial charge in [0.15, 0.2) is 11.3 Å². The molecule has 2 aromatic rings. The molecule has 1 aromatic carbocycles. The molecule has 152 valence electrons. The molecule has 0 bridgehead atoms. The number of nitrogens with two attached hydrogens (primary N) is 1. The summed E-state index contributed by atoms with van der Waals surface area (Å²) >= 11 is 0. The summed E-state index contributed by atoms with van der Waals surface area (Å²) in [5.41, 5.74) is 7.75. The Morgan fingerprint density at radius 2 is 2.18 bits per heavy atom. The van der Waals surface area contributed by atoms with Crippen molar-refractivity contribution in [2.45, 2.75) is 30.8 Å². The summed E-state index contributed by atoms with van der Waals surface area (Å²) in [5.74, 6) is 0.402. The summed E-state index contributed by atoms with van der Waals surface area (Å²) in [4.78, 5) is 2.20. The number of rotatable bonds is 6. The molecule has 0 saturated heterocycles. The van der Waals surface area contributed by atoms with Crippen molar-refractivity contribution in [3.05, 3.63) is 46.9 Å². The zero-order chi connectivity index (χ0) is 18.8. The molecule has 28 heavy (non-hydrogen) atoms. The van der Waals surface area contributed by atoms with Gasteiger partial charge in [-0.15, -0.1) is 17.5 Å². The number of H-pyrrole nitrogens is 1. The second-order valence-electron chi connectivity index (χ2n) is 6.33. The Bertz CT molecular complexity index is 837. The first-order valence-corrected chi connectivity index (χ1v) is 11.0. The van der Waals surface area contributed by atoms with Crippen LogP contribution in [0.3, 0.4) is 0 Å². The highest BCUT2D eigenvalue weighted by Gasteiger charge is 2.37. The Balaban J connectivity index is 0.00000225. The maximum Gasteiger partial charge on any atom is 0.197 e. The predicted molar refractivity (Wildman–Crippen MR) is 109 cm³/mol. The molecule has 0 fully saturated rings. The first kappa shape index (κ1) is 21.2. The maximum atomic E-state index is 14.1. The van der Waals surface area contributed by atoms with Crippen LogP contribution < -0.4 is 11.1 Å². The molecule has 0 spiro atoms. The zero-order valence-corrected chi connectivity index (χ0v) is 17.2. The van der Waals surface area contributed by atoms with Gasteiger partial charge in [-0.25, -0.2) is 13.9 Å². The van der Waals surface area contributed by atoms with Crippen LogP contribution in [0.5, 0.6) is 0 Å².